The van der Waals surface area contributed by atoms with Crippen LogP contribution in [0.4, 0.5) is 5.69 Å². The number of nitro benzene ring substituents is 1. The summed E-state index contributed by atoms with van der Waals surface area (Å²) in [5.41, 5.74) is 1.59. The highest BCUT2D eigenvalue weighted by Gasteiger charge is 2.28. The molecular weight excluding hydrogens is 362 g/mol. The topological polar surface area (TPSA) is 101 Å². The highest BCUT2D eigenvalue weighted by atomic mass is 16.6. The fourth-order valence-corrected chi connectivity index (χ4v) is 3.10. The fraction of sp³-hybridized carbons (Fsp3) is 0.250. The molecule has 28 heavy (non-hydrogen) atoms. The minimum atomic E-state index is -0.469. The quantitative estimate of drug-likeness (QED) is 0.435. The summed E-state index contributed by atoms with van der Waals surface area (Å²) in [4.78, 5) is 49.3. The van der Waals surface area contributed by atoms with Crippen LogP contribution in [0.15, 0.2) is 48.5 Å². The summed E-state index contributed by atoms with van der Waals surface area (Å²) in [6.45, 7) is 0.298. The standard InChI is InChI=1S/C20H19N3O5/c1-21(13-16-4-2-3-5-17(16)23(27)28)20(26)15-8-6-14(7-9-15)12-22-18(24)10-11-19(22)25/h2-9H,10-13H2,1H3. The zero-order valence-corrected chi connectivity index (χ0v) is 15.3. The van der Waals surface area contributed by atoms with Gasteiger partial charge in [-0.1, -0.05) is 30.3 Å². The van der Waals surface area contributed by atoms with E-state index < -0.39 is 4.92 Å². The third-order valence-electron chi connectivity index (χ3n) is 4.64. The SMILES string of the molecule is CN(Cc1ccccc1[N+](=O)[O-])C(=O)c1ccc(CN2C(=O)CCC2=O)cc1. The smallest absolute Gasteiger partial charge is 0.274 e. The monoisotopic (exact) mass is 381 g/mol. The highest BCUT2D eigenvalue weighted by molar-refractivity contribution is 6.01. The van der Waals surface area contributed by atoms with E-state index in [0.29, 0.717) is 11.1 Å². The van der Waals surface area contributed by atoms with Gasteiger partial charge in [0, 0.05) is 37.1 Å². The van der Waals surface area contributed by atoms with Crippen molar-refractivity contribution in [2.45, 2.75) is 25.9 Å². The van der Waals surface area contributed by atoms with E-state index >= 15 is 0 Å². The average molecular weight is 381 g/mol. The summed E-state index contributed by atoms with van der Waals surface area (Å²) in [6.07, 6.45) is 0.484. The Morgan fingerprint density at radius 2 is 1.68 bits per heavy atom. The summed E-state index contributed by atoms with van der Waals surface area (Å²) in [5, 5.41) is 11.1. The Morgan fingerprint density at radius 3 is 2.29 bits per heavy atom. The van der Waals surface area contributed by atoms with E-state index in [-0.39, 0.29) is 49.3 Å². The zero-order valence-electron chi connectivity index (χ0n) is 15.3. The van der Waals surface area contributed by atoms with Crippen molar-refractivity contribution in [1.82, 2.24) is 9.80 Å². The molecule has 0 saturated carbocycles. The number of nitro groups is 1. The number of hydrogen-bond acceptors (Lipinski definition) is 5. The number of likely N-dealkylation sites (tertiary alicyclic amines) is 1. The molecule has 0 aromatic heterocycles. The van der Waals surface area contributed by atoms with E-state index in [4.69, 9.17) is 0 Å². The minimum Gasteiger partial charge on any atom is -0.337 e. The van der Waals surface area contributed by atoms with Crippen LogP contribution >= 0.6 is 0 Å². The van der Waals surface area contributed by atoms with Crippen LogP contribution in [0.25, 0.3) is 0 Å². The molecule has 1 heterocycles. The Kier molecular flexibility index (Phi) is 5.49. The lowest BCUT2D eigenvalue weighted by Gasteiger charge is -2.18. The van der Waals surface area contributed by atoms with Gasteiger partial charge in [-0.2, -0.15) is 0 Å². The molecule has 1 fully saturated rings. The fourth-order valence-electron chi connectivity index (χ4n) is 3.10. The Balaban J connectivity index is 1.68. The predicted octanol–water partition coefficient (Wildman–Crippen LogP) is 2.52. The van der Waals surface area contributed by atoms with Gasteiger partial charge in [-0.25, -0.2) is 0 Å². The Labute approximate surface area is 161 Å². The molecule has 3 amide bonds. The van der Waals surface area contributed by atoms with Gasteiger partial charge in [0.15, 0.2) is 0 Å². The molecule has 2 aromatic carbocycles. The van der Waals surface area contributed by atoms with Crippen LogP contribution in [0.1, 0.15) is 34.3 Å². The van der Waals surface area contributed by atoms with Gasteiger partial charge in [-0.3, -0.25) is 29.4 Å². The van der Waals surface area contributed by atoms with Crippen molar-refractivity contribution in [2.24, 2.45) is 0 Å². The van der Waals surface area contributed by atoms with Crippen molar-refractivity contribution in [3.05, 3.63) is 75.3 Å². The van der Waals surface area contributed by atoms with Gasteiger partial charge in [-0.05, 0) is 17.7 Å². The summed E-state index contributed by atoms with van der Waals surface area (Å²) >= 11 is 0. The molecule has 3 rings (SSSR count). The van der Waals surface area contributed by atoms with Gasteiger partial charge in [0.2, 0.25) is 11.8 Å². The molecule has 2 aromatic rings. The van der Waals surface area contributed by atoms with Crippen LogP contribution in [0, 0.1) is 10.1 Å². The van der Waals surface area contributed by atoms with Crippen LogP contribution < -0.4 is 0 Å². The van der Waals surface area contributed by atoms with E-state index in [0.717, 1.165) is 5.56 Å². The summed E-state index contributed by atoms with van der Waals surface area (Å²) < 4.78 is 0. The Bertz CT molecular complexity index is 923. The number of carbonyl (C=O) groups excluding carboxylic acids is 3. The van der Waals surface area contributed by atoms with Crippen molar-refractivity contribution in [3.8, 4) is 0 Å². The van der Waals surface area contributed by atoms with Gasteiger partial charge in [0.05, 0.1) is 18.0 Å². The third kappa shape index (κ3) is 4.06. The van der Waals surface area contributed by atoms with E-state index in [9.17, 15) is 24.5 Å². The highest BCUT2D eigenvalue weighted by Crippen LogP contribution is 2.20. The van der Waals surface area contributed by atoms with Crippen molar-refractivity contribution >= 4 is 23.4 Å². The first-order chi connectivity index (χ1) is 13.4. The molecule has 0 spiro atoms. The first kappa shape index (κ1) is 19.2. The summed E-state index contributed by atoms with van der Waals surface area (Å²) in [7, 11) is 1.58. The lowest BCUT2D eigenvalue weighted by molar-refractivity contribution is -0.385. The van der Waals surface area contributed by atoms with E-state index in [2.05, 4.69) is 0 Å². The minimum absolute atomic E-state index is 0.0301. The van der Waals surface area contributed by atoms with Crippen molar-refractivity contribution < 1.29 is 19.3 Å². The van der Waals surface area contributed by atoms with E-state index in [1.165, 1.54) is 15.9 Å². The van der Waals surface area contributed by atoms with Crippen molar-refractivity contribution in [3.63, 3.8) is 0 Å². The summed E-state index contributed by atoms with van der Waals surface area (Å²) in [5.74, 6) is -0.651. The van der Waals surface area contributed by atoms with Gasteiger partial charge in [0.1, 0.15) is 0 Å². The molecule has 1 aliphatic rings. The number of para-hydroxylation sites is 1. The molecular formula is C20H19N3O5. The van der Waals surface area contributed by atoms with Crippen LogP contribution in [0.3, 0.4) is 0 Å². The van der Waals surface area contributed by atoms with Gasteiger partial charge in [-0.15, -0.1) is 0 Å². The second-order valence-corrected chi connectivity index (χ2v) is 6.62. The van der Waals surface area contributed by atoms with E-state index in [1.54, 1.807) is 49.5 Å². The molecule has 144 valence electrons. The van der Waals surface area contributed by atoms with Crippen LogP contribution in [-0.2, 0) is 22.7 Å². The first-order valence-corrected chi connectivity index (χ1v) is 8.76. The molecule has 0 unspecified atom stereocenters. The normalized spacial score (nSPS) is 13.7. The van der Waals surface area contributed by atoms with Crippen LogP contribution in [-0.4, -0.2) is 39.5 Å². The lowest BCUT2D eigenvalue weighted by Crippen LogP contribution is -2.28. The molecule has 0 N–H and O–H groups in total. The number of benzene rings is 2. The Morgan fingerprint density at radius 1 is 1.07 bits per heavy atom. The largest absolute Gasteiger partial charge is 0.337 e. The van der Waals surface area contributed by atoms with Crippen LogP contribution in [0.5, 0.6) is 0 Å². The van der Waals surface area contributed by atoms with Gasteiger partial charge in [0.25, 0.3) is 11.6 Å². The second kappa shape index (κ2) is 7.99. The first-order valence-electron chi connectivity index (χ1n) is 8.76. The average Bonchev–Trinajstić information content (AvgIpc) is 3.00. The molecule has 1 aliphatic heterocycles. The molecule has 1 saturated heterocycles. The maximum Gasteiger partial charge on any atom is 0.274 e. The molecule has 8 nitrogen and oxygen atoms in total. The Hall–Kier alpha value is -3.55. The number of hydrogen-bond donors (Lipinski definition) is 0. The maximum atomic E-state index is 12.6. The molecule has 0 radical (unpaired) electrons. The maximum absolute atomic E-state index is 12.6. The number of rotatable bonds is 6. The van der Waals surface area contributed by atoms with Crippen molar-refractivity contribution in [2.75, 3.05) is 7.05 Å². The predicted molar refractivity (Wildman–Crippen MR) is 100 cm³/mol. The van der Waals surface area contributed by atoms with Crippen molar-refractivity contribution in [1.29, 1.82) is 0 Å². The molecule has 0 bridgehead atoms. The van der Waals surface area contributed by atoms with Gasteiger partial charge < -0.3 is 4.90 Å². The number of amides is 3. The van der Waals surface area contributed by atoms with Crippen LogP contribution in [0.2, 0.25) is 0 Å². The number of carbonyl (C=O) groups is 3. The second-order valence-electron chi connectivity index (χ2n) is 6.62. The lowest BCUT2D eigenvalue weighted by atomic mass is 10.1. The number of nitrogens with zero attached hydrogens (tertiary/aromatic N) is 3. The van der Waals surface area contributed by atoms with E-state index in [1.807, 2.05) is 0 Å². The van der Waals surface area contributed by atoms with Gasteiger partial charge >= 0.3 is 0 Å². The molecule has 0 aliphatic carbocycles. The number of imide groups is 1. The molecule has 8 heteroatoms. The molecule has 0 atom stereocenters. The zero-order chi connectivity index (χ0) is 20.3. The summed E-state index contributed by atoms with van der Waals surface area (Å²) in [6, 6.07) is 12.9. The third-order valence-corrected chi connectivity index (χ3v) is 4.64.